The molecule has 0 spiro atoms. The third kappa shape index (κ3) is 69.2. The molecule has 0 bridgehead atoms. The van der Waals surface area contributed by atoms with E-state index in [0.29, 0.717) is 25.7 Å². The van der Waals surface area contributed by atoms with Gasteiger partial charge in [0.25, 0.3) is 0 Å². The lowest BCUT2D eigenvalue weighted by Gasteiger charge is -2.21. The van der Waals surface area contributed by atoms with Crippen LogP contribution in [-0.2, 0) is 65.4 Å². The molecule has 0 amide bonds. The van der Waals surface area contributed by atoms with Crippen LogP contribution in [0, 0.1) is 5.92 Å². The van der Waals surface area contributed by atoms with Crippen molar-refractivity contribution in [1.29, 1.82) is 0 Å². The molecule has 570 valence electrons. The quantitative estimate of drug-likeness (QED) is 0.0222. The first-order valence-electron chi connectivity index (χ1n) is 40.2. The smallest absolute Gasteiger partial charge is 0.462 e. The van der Waals surface area contributed by atoms with Crippen molar-refractivity contribution < 1.29 is 80.2 Å². The van der Waals surface area contributed by atoms with Gasteiger partial charge in [-0.1, -0.05) is 356 Å². The molecule has 3 N–H and O–H groups in total. The Balaban J connectivity index is 5.17. The van der Waals surface area contributed by atoms with E-state index in [4.69, 9.17) is 37.0 Å². The van der Waals surface area contributed by atoms with Crippen molar-refractivity contribution in [3.63, 3.8) is 0 Å². The summed E-state index contributed by atoms with van der Waals surface area (Å²) < 4.78 is 68.5. The van der Waals surface area contributed by atoms with Crippen LogP contribution in [0.15, 0.2) is 0 Å². The maximum absolute atomic E-state index is 13.1. The first-order chi connectivity index (χ1) is 46.6. The molecule has 0 aromatic carbocycles. The average molecular weight is 1410 g/mol. The molecule has 0 radical (unpaired) electrons. The molecule has 0 rings (SSSR count). The second-order valence-corrected chi connectivity index (χ2v) is 30.9. The largest absolute Gasteiger partial charge is 0.472 e. The van der Waals surface area contributed by atoms with Crippen LogP contribution < -0.4 is 0 Å². The second-order valence-electron chi connectivity index (χ2n) is 28.0. The van der Waals surface area contributed by atoms with Crippen molar-refractivity contribution in [2.24, 2.45) is 5.92 Å². The molecule has 0 heterocycles. The number of ether oxygens (including phenoxy) is 4. The van der Waals surface area contributed by atoms with Gasteiger partial charge in [-0.15, -0.1) is 0 Å². The molecule has 0 saturated heterocycles. The molecule has 0 aromatic heterocycles. The van der Waals surface area contributed by atoms with Crippen LogP contribution in [0.25, 0.3) is 0 Å². The van der Waals surface area contributed by atoms with Crippen molar-refractivity contribution in [3.05, 3.63) is 0 Å². The van der Waals surface area contributed by atoms with Gasteiger partial charge in [0.2, 0.25) is 0 Å². The lowest BCUT2D eigenvalue weighted by atomic mass is 9.99. The highest BCUT2D eigenvalue weighted by Crippen LogP contribution is 2.45. The molecular formula is C77H150O17P2. The summed E-state index contributed by atoms with van der Waals surface area (Å²) in [5.74, 6) is -1.31. The van der Waals surface area contributed by atoms with Crippen molar-refractivity contribution >= 4 is 39.5 Å². The van der Waals surface area contributed by atoms with Crippen LogP contribution in [0.2, 0.25) is 0 Å². The molecule has 19 heteroatoms. The number of unbranched alkanes of at least 4 members (excludes halogenated alkanes) is 48. The Kier molecular flexibility index (Phi) is 68.7. The van der Waals surface area contributed by atoms with Gasteiger partial charge >= 0.3 is 39.5 Å². The number of carbonyl (C=O) groups is 4. The van der Waals surface area contributed by atoms with Crippen LogP contribution in [-0.4, -0.2) is 96.7 Å². The van der Waals surface area contributed by atoms with E-state index in [9.17, 15) is 43.2 Å². The number of aliphatic hydroxyl groups is 1. The van der Waals surface area contributed by atoms with Gasteiger partial charge in [-0.25, -0.2) is 9.13 Å². The van der Waals surface area contributed by atoms with E-state index >= 15 is 0 Å². The Morgan fingerprint density at radius 1 is 0.292 bits per heavy atom. The minimum atomic E-state index is -4.96. The summed E-state index contributed by atoms with van der Waals surface area (Å²) in [5, 5.41) is 10.6. The number of hydrogen-bond acceptors (Lipinski definition) is 15. The molecule has 0 aliphatic heterocycles. The minimum absolute atomic E-state index is 0.107. The maximum atomic E-state index is 13.1. The molecule has 0 saturated carbocycles. The third-order valence-electron chi connectivity index (χ3n) is 18.4. The standard InChI is InChI=1S/C77H150O17P2/c1-6-10-13-16-19-22-24-25-26-27-28-29-30-31-32-33-34-36-43-48-53-58-63-77(82)94-73(67-88-75(80)61-56-51-46-41-38-37-40-44-49-54-59-70(5)9-4)69-92-96(85,86)90-65-71(78)64-89-95(83,84)91-68-72(66-87-74(79)60-55-50-45-39-21-18-15-12-8-3)93-76(81)62-57-52-47-42-35-23-20-17-14-11-7-2/h70-73,78H,6-69H2,1-5H3,(H,83,84)(H,85,86)/t70?,71-,72+,73+/m0/s1. The molecule has 6 atom stereocenters. The Morgan fingerprint density at radius 2 is 0.500 bits per heavy atom. The predicted molar refractivity (Wildman–Crippen MR) is 391 cm³/mol. The molecule has 0 aromatic rings. The highest BCUT2D eigenvalue weighted by Gasteiger charge is 2.30. The van der Waals surface area contributed by atoms with E-state index in [1.807, 2.05) is 0 Å². The summed E-state index contributed by atoms with van der Waals surface area (Å²) in [6.45, 7) is 7.30. The number of carbonyl (C=O) groups excluding carboxylic acids is 4. The fourth-order valence-corrected chi connectivity index (χ4v) is 13.4. The molecule has 3 unspecified atom stereocenters. The lowest BCUT2D eigenvalue weighted by molar-refractivity contribution is -0.161. The zero-order valence-corrected chi connectivity index (χ0v) is 64.3. The van der Waals surface area contributed by atoms with E-state index in [0.717, 1.165) is 95.8 Å². The topological polar surface area (TPSA) is 237 Å². The zero-order chi connectivity index (χ0) is 70.5. The molecular weight excluding hydrogens is 1260 g/mol. The minimum Gasteiger partial charge on any atom is -0.462 e. The molecule has 0 fully saturated rings. The second kappa shape index (κ2) is 70.1. The molecule has 0 aliphatic carbocycles. The van der Waals surface area contributed by atoms with E-state index in [1.54, 1.807) is 0 Å². The Bertz CT molecular complexity index is 1840. The van der Waals surface area contributed by atoms with Crippen molar-refractivity contribution in [1.82, 2.24) is 0 Å². The number of phosphoric acid groups is 2. The van der Waals surface area contributed by atoms with Gasteiger partial charge < -0.3 is 33.8 Å². The zero-order valence-electron chi connectivity index (χ0n) is 62.5. The van der Waals surface area contributed by atoms with Gasteiger partial charge in [0.1, 0.15) is 19.3 Å². The summed E-state index contributed by atoms with van der Waals surface area (Å²) in [4.78, 5) is 72.7. The van der Waals surface area contributed by atoms with E-state index in [1.165, 1.54) is 231 Å². The molecule has 17 nitrogen and oxygen atoms in total. The van der Waals surface area contributed by atoms with Crippen LogP contribution >= 0.6 is 15.6 Å². The lowest BCUT2D eigenvalue weighted by Crippen LogP contribution is -2.30. The monoisotopic (exact) mass is 1410 g/mol. The SMILES string of the molecule is CCCCCCCCCCCCCCCCCCCCCCCCC(=O)O[C@H](COC(=O)CCCCCCCCCCCCC(C)CC)COP(=O)(O)OC[C@@H](O)COP(=O)(O)OC[C@@H](COC(=O)CCCCCCCCCCC)OC(=O)CCCCCCCCCCCCC. The number of phosphoric ester groups is 2. The summed E-state index contributed by atoms with van der Waals surface area (Å²) in [5.41, 5.74) is 0. The first-order valence-corrected chi connectivity index (χ1v) is 43.2. The van der Waals surface area contributed by atoms with Gasteiger partial charge in [0.05, 0.1) is 26.4 Å². The van der Waals surface area contributed by atoms with Crippen LogP contribution in [0.1, 0.15) is 407 Å². The van der Waals surface area contributed by atoms with Crippen LogP contribution in [0.3, 0.4) is 0 Å². The molecule has 96 heavy (non-hydrogen) atoms. The Morgan fingerprint density at radius 3 is 0.740 bits per heavy atom. The van der Waals surface area contributed by atoms with Gasteiger partial charge in [0.15, 0.2) is 12.2 Å². The Labute approximate surface area is 588 Å². The predicted octanol–water partition coefficient (Wildman–Crippen LogP) is 22.9. The summed E-state index contributed by atoms with van der Waals surface area (Å²) in [6.07, 6.45) is 59.7. The van der Waals surface area contributed by atoms with Gasteiger partial charge in [-0.05, 0) is 31.6 Å². The van der Waals surface area contributed by atoms with Crippen molar-refractivity contribution in [3.8, 4) is 0 Å². The number of esters is 4. The Hall–Kier alpha value is -1.94. The van der Waals surface area contributed by atoms with E-state index in [2.05, 4.69) is 34.6 Å². The van der Waals surface area contributed by atoms with Crippen LogP contribution in [0.5, 0.6) is 0 Å². The fraction of sp³-hybridized carbons (Fsp3) is 0.948. The van der Waals surface area contributed by atoms with E-state index < -0.39 is 97.5 Å². The van der Waals surface area contributed by atoms with Gasteiger partial charge in [0, 0.05) is 25.7 Å². The normalized spacial score (nSPS) is 14.2. The van der Waals surface area contributed by atoms with Crippen molar-refractivity contribution in [2.75, 3.05) is 39.6 Å². The summed E-state index contributed by atoms with van der Waals surface area (Å²) in [7, 11) is -9.91. The third-order valence-corrected chi connectivity index (χ3v) is 20.3. The molecule has 0 aliphatic rings. The van der Waals surface area contributed by atoms with E-state index in [-0.39, 0.29) is 25.7 Å². The first kappa shape index (κ1) is 94.1. The van der Waals surface area contributed by atoms with Crippen LogP contribution in [0.4, 0.5) is 0 Å². The van der Waals surface area contributed by atoms with Gasteiger partial charge in [-0.2, -0.15) is 0 Å². The highest BCUT2D eigenvalue weighted by molar-refractivity contribution is 7.47. The number of aliphatic hydroxyl groups excluding tert-OH is 1. The average Bonchev–Trinajstić information content (AvgIpc) is 1.21. The fourth-order valence-electron chi connectivity index (χ4n) is 11.8. The number of hydrogen-bond donors (Lipinski definition) is 3. The summed E-state index contributed by atoms with van der Waals surface area (Å²) >= 11 is 0. The number of rotatable bonds is 77. The highest BCUT2D eigenvalue weighted by atomic mass is 31.2. The van der Waals surface area contributed by atoms with Gasteiger partial charge in [-0.3, -0.25) is 37.3 Å². The maximum Gasteiger partial charge on any atom is 0.472 e. The van der Waals surface area contributed by atoms with Crippen molar-refractivity contribution in [2.45, 2.75) is 425 Å². The summed E-state index contributed by atoms with van der Waals surface area (Å²) in [6, 6.07) is 0.